The maximum absolute atomic E-state index is 11.7. The summed E-state index contributed by atoms with van der Waals surface area (Å²) in [5, 5.41) is 3.38. The quantitative estimate of drug-likeness (QED) is 0.641. The number of methoxy groups -OCH3 is 2. The highest BCUT2D eigenvalue weighted by Crippen LogP contribution is 2.25. The van der Waals surface area contributed by atoms with E-state index in [-0.39, 0.29) is 18.1 Å². The highest BCUT2D eigenvalue weighted by atomic mass is 16.5. The van der Waals surface area contributed by atoms with Gasteiger partial charge in [0.1, 0.15) is 0 Å². The van der Waals surface area contributed by atoms with Gasteiger partial charge < -0.3 is 20.5 Å². The van der Waals surface area contributed by atoms with Crippen LogP contribution in [0.4, 0.5) is 0 Å². The van der Waals surface area contributed by atoms with E-state index in [0.29, 0.717) is 12.5 Å². The van der Waals surface area contributed by atoms with Gasteiger partial charge in [0, 0.05) is 39.9 Å². The van der Waals surface area contributed by atoms with E-state index in [4.69, 9.17) is 15.2 Å². The van der Waals surface area contributed by atoms with E-state index < -0.39 is 5.54 Å². The third-order valence-corrected chi connectivity index (χ3v) is 4.47. The van der Waals surface area contributed by atoms with Crippen molar-refractivity contribution in [2.45, 2.75) is 50.0 Å². The molecule has 6 heteroatoms. The molecule has 1 aliphatic carbocycles. The molecule has 0 spiro atoms. The zero-order valence-electron chi connectivity index (χ0n) is 12.7. The van der Waals surface area contributed by atoms with Crippen molar-refractivity contribution >= 4 is 5.91 Å². The van der Waals surface area contributed by atoms with E-state index in [1.165, 1.54) is 0 Å². The van der Waals surface area contributed by atoms with Crippen LogP contribution in [0.15, 0.2) is 0 Å². The number of hydrogen-bond donors (Lipinski definition) is 2. The lowest BCUT2D eigenvalue weighted by atomic mass is 9.96. The minimum atomic E-state index is -0.616. The van der Waals surface area contributed by atoms with Gasteiger partial charge in [-0.15, -0.1) is 0 Å². The zero-order chi connectivity index (χ0) is 14.8. The Bertz CT molecular complexity index is 337. The number of carbonyl (C=O) groups excluding carboxylic acids is 1. The Morgan fingerprint density at radius 2 is 1.85 bits per heavy atom. The number of rotatable bonds is 8. The first-order valence-corrected chi connectivity index (χ1v) is 7.34. The van der Waals surface area contributed by atoms with Crippen molar-refractivity contribution in [1.29, 1.82) is 0 Å². The second kappa shape index (κ2) is 6.39. The molecular formula is C14H27N3O3. The van der Waals surface area contributed by atoms with Gasteiger partial charge in [-0.1, -0.05) is 0 Å². The van der Waals surface area contributed by atoms with Gasteiger partial charge in [-0.3, -0.25) is 9.69 Å². The van der Waals surface area contributed by atoms with Crippen LogP contribution >= 0.6 is 0 Å². The van der Waals surface area contributed by atoms with Crippen LogP contribution in [0.3, 0.4) is 0 Å². The van der Waals surface area contributed by atoms with Crippen LogP contribution in [0.1, 0.15) is 26.2 Å². The summed E-state index contributed by atoms with van der Waals surface area (Å²) in [6, 6.07) is 0.463. The van der Waals surface area contributed by atoms with E-state index in [0.717, 1.165) is 32.5 Å². The smallest absolute Gasteiger partial charge is 0.237 e. The summed E-state index contributed by atoms with van der Waals surface area (Å²) in [4.78, 5) is 14.0. The van der Waals surface area contributed by atoms with E-state index in [1.54, 1.807) is 14.2 Å². The Hall–Kier alpha value is -0.690. The van der Waals surface area contributed by atoms with Gasteiger partial charge in [0.25, 0.3) is 0 Å². The fraction of sp³-hybridized carbons (Fsp3) is 0.929. The summed E-state index contributed by atoms with van der Waals surface area (Å²) in [5.74, 6) is -0.268. The second-order valence-electron chi connectivity index (χ2n) is 6.17. The van der Waals surface area contributed by atoms with Gasteiger partial charge in [0.15, 0.2) is 0 Å². The Morgan fingerprint density at radius 3 is 2.25 bits per heavy atom. The highest BCUT2D eigenvalue weighted by molar-refractivity contribution is 5.84. The van der Waals surface area contributed by atoms with Crippen LogP contribution in [0.2, 0.25) is 0 Å². The molecule has 0 aromatic heterocycles. The molecule has 2 aliphatic rings. The van der Waals surface area contributed by atoms with Crippen LogP contribution in [0.5, 0.6) is 0 Å². The van der Waals surface area contributed by atoms with E-state index in [2.05, 4.69) is 10.2 Å². The topological polar surface area (TPSA) is 76.8 Å². The first-order chi connectivity index (χ1) is 9.48. The summed E-state index contributed by atoms with van der Waals surface area (Å²) in [5.41, 5.74) is 4.95. The molecule has 3 N–H and O–H groups in total. The predicted molar refractivity (Wildman–Crippen MR) is 76.4 cm³/mol. The molecule has 6 nitrogen and oxygen atoms in total. The number of hydrogen-bond acceptors (Lipinski definition) is 5. The van der Waals surface area contributed by atoms with Gasteiger partial charge in [-0.05, 0) is 26.2 Å². The van der Waals surface area contributed by atoms with Crippen molar-refractivity contribution in [3.63, 3.8) is 0 Å². The zero-order valence-corrected chi connectivity index (χ0v) is 12.7. The van der Waals surface area contributed by atoms with E-state index in [1.807, 2.05) is 6.92 Å². The molecule has 2 rings (SSSR count). The van der Waals surface area contributed by atoms with Crippen molar-refractivity contribution in [3.05, 3.63) is 0 Å². The molecule has 1 saturated carbocycles. The third-order valence-electron chi connectivity index (χ3n) is 4.47. The van der Waals surface area contributed by atoms with Crippen LogP contribution < -0.4 is 11.1 Å². The lowest BCUT2D eigenvalue weighted by Crippen LogP contribution is -2.55. The fourth-order valence-corrected chi connectivity index (χ4v) is 2.78. The van der Waals surface area contributed by atoms with Crippen LogP contribution in [-0.4, -0.2) is 68.4 Å². The number of nitrogens with two attached hydrogens (primary N) is 1. The molecule has 2 fully saturated rings. The van der Waals surface area contributed by atoms with E-state index in [9.17, 15) is 4.79 Å². The van der Waals surface area contributed by atoms with Crippen molar-refractivity contribution in [2.75, 3.05) is 33.9 Å². The summed E-state index contributed by atoms with van der Waals surface area (Å²) in [7, 11) is 3.42. The van der Waals surface area contributed by atoms with Crippen LogP contribution in [0, 0.1) is 0 Å². The molecule has 116 valence electrons. The van der Waals surface area contributed by atoms with Crippen molar-refractivity contribution in [1.82, 2.24) is 10.2 Å². The first kappa shape index (κ1) is 15.7. The molecule has 0 aromatic rings. The predicted octanol–water partition coefficient (Wildman–Crippen LogP) is -0.282. The third kappa shape index (κ3) is 3.69. The van der Waals surface area contributed by atoms with Gasteiger partial charge in [0.2, 0.25) is 5.91 Å². The van der Waals surface area contributed by atoms with E-state index >= 15 is 0 Å². The van der Waals surface area contributed by atoms with Crippen molar-refractivity contribution < 1.29 is 14.3 Å². The standard InChI is InChI=1S/C14H27N3O3/c1-14(13(15)18,16-10-4-5-10)6-7-17-8-11(19-2)12(9-17)20-3/h10-12,16H,4-9H2,1-3H3,(H2,15,18). The average molecular weight is 285 g/mol. The summed E-state index contributed by atoms with van der Waals surface area (Å²) >= 11 is 0. The molecule has 3 unspecified atom stereocenters. The number of ether oxygens (including phenoxy) is 2. The number of nitrogens with one attached hydrogen (secondary N) is 1. The number of carbonyl (C=O) groups is 1. The largest absolute Gasteiger partial charge is 0.377 e. The Balaban J connectivity index is 1.85. The number of likely N-dealkylation sites (tertiary alicyclic amines) is 1. The number of nitrogens with zero attached hydrogens (tertiary/aromatic N) is 1. The Kier molecular flexibility index (Phi) is 5.01. The van der Waals surface area contributed by atoms with Gasteiger partial charge in [-0.25, -0.2) is 0 Å². The summed E-state index contributed by atoms with van der Waals surface area (Å²) in [6.07, 6.45) is 3.22. The van der Waals surface area contributed by atoms with Gasteiger partial charge in [0.05, 0.1) is 17.7 Å². The SMILES string of the molecule is COC1CN(CCC(C)(NC2CC2)C(N)=O)CC1OC. The second-order valence-corrected chi connectivity index (χ2v) is 6.17. The molecule has 0 aromatic carbocycles. The molecule has 1 amide bonds. The Labute approximate surface area is 121 Å². The average Bonchev–Trinajstić information content (AvgIpc) is 3.13. The minimum absolute atomic E-state index is 0.108. The van der Waals surface area contributed by atoms with Gasteiger partial charge in [-0.2, -0.15) is 0 Å². The highest BCUT2D eigenvalue weighted by Gasteiger charge is 2.39. The molecule has 1 saturated heterocycles. The van der Waals surface area contributed by atoms with Crippen LogP contribution in [0.25, 0.3) is 0 Å². The lowest BCUT2D eigenvalue weighted by Gasteiger charge is -2.29. The van der Waals surface area contributed by atoms with Gasteiger partial charge >= 0.3 is 0 Å². The monoisotopic (exact) mass is 285 g/mol. The maximum atomic E-state index is 11.7. The Morgan fingerprint density at radius 1 is 1.30 bits per heavy atom. The number of amides is 1. The molecule has 0 radical (unpaired) electrons. The lowest BCUT2D eigenvalue weighted by molar-refractivity contribution is -0.124. The molecule has 1 aliphatic heterocycles. The molecule has 1 heterocycles. The molecule has 20 heavy (non-hydrogen) atoms. The van der Waals surface area contributed by atoms with Crippen molar-refractivity contribution in [3.8, 4) is 0 Å². The minimum Gasteiger partial charge on any atom is -0.377 e. The van der Waals surface area contributed by atoms with Crippen LogP contribution in [-0.2, 0) is 14.3 Å². The number of primary amides is 1. The fourth-order valence-electron chi connectivity index (χ4n) is 2.78. The molecule has 3 atom stereocenters. The summed E-state index contributed by atoms with van der Waals surface area (Å²) < 4.78 is 10.8. The summed E-state index contributed by atoms with van der Waals surface area (Å²) in [6.45, 7) is 4.41. The normalized spacial score (nSPS) is 30.4. The van der Waals surface area contributed by atoms with Crippen molar-refractivity contribution in [2.24, 2.45) is 5.73 Å². The maximum Gasteiger partial charge on any atom is 0.237 e. The molecule has 0 bridgehead atoms. The first-order valence-electron chi connectivity index (χ1n) is 7.34. The molecular weight excluding hydrogens is 258 g/mol.